The fraction of sp³-hybridized carbons (Fsp3) is 0.522. The van der Waals surface area contributed by atoms with Gasteiger partial charge in [-0.1, -0.05) is 31.3 Å². The lowest BCUT2D eigenvalue weighted by Crippen LogP contribution is -2.44. The zero-order valence-corrected chi connectivity index (χ0v) is 21.9. The third-order valence-corrected chi connectivity index (χ3v) is 8.55. The van der Waals surface area contributed by atoms with Crippen LogP contribution in [0.2, 0.25) is 0 Å². The maximum absolute atomic E-state index is 14.0. The summed E-state index contributed by atoms with van der Waals surface area (Å²) in [6, 6.07) is 2.90. The first-order valence-corrected chi connectivity index (χ1v) is 13.9. The van der Waals surface area contributed by atoms with Gasteiger partial charge in [-0.25, -0.2) is 26.9 Å². The van der Waals surface area contributed by atoms with Crippen molar-refractivity contribution < 1.29 is 31.5 Å². The molecule has 0 radical (unpaired) electrons. The first-order valence-electron chi connectivity index (χ1n) is 11.4. The van der Waals surface area contributed by atoms with E-state index in [2.05, 4.69) is 15.0 Å². The van der Waals surface area contributed by atoms with Crippen LogP contribution in [0, 0.1) is 17.0 Å². The number of esters is 1. The molecule has 0 unspecified atom stereocenters. The number of nitrogen functional groups attached to an aromatic ring is 1. The highest BCUT2D eigenvalue weighted by atomic mass is 32.2. The van der Waals surface area contributed by atoms with Gasteiger partial charge in [0, 0.05) is 24.4 Å². The van der Waals surface area contributed by atoms with Gasteiger partial charge in [-0.15, -0.1) is 0 Å². The number of rotatable bonds is 10. The van der Waals surface area contributed by atoms with Crippen LogP contribution in [0.4, 0.5) is 19.7 Å². The number of aromatic nitrogens is 1. The number of hydrogen-bond acceptors (Lipinski definition) is 9. The van der Waals surface area contributed by atoms with Gasteiger partial charge in [0.2, 0.25) is 15.8 Å². The summed E-state index contributed by atoms with van der Waals surface area (Å²) in [6.07, 6.45) is 2.42. The quantitative estimate of drug-likeness (QED) is 0.305. The number of ketones is 1. The molecule has 1 fully saturated rings. The van der Waals surface area contributed by atoms with E-state index in [9.17, 15) is 26.8 Å². The molecule has 1 aliphatic rings. The van der Waals surface area contributed by atoms with Gasteiger partial charge in [0.05, 0.1) is 17.9 Å². The molecule has 0 bridgehead atoms. The van der Waals surface area contributed by atoms with Gasteiger partial charge in [0.15, 0.2) is 5.13 Å². The Labute approximate surface area is 212 Å². The van der Waals surface area contributed by atoms with E-state index in [1.54, 1.807) is 13.8 Å². The lowest BCUT2D eigenvalue weighted by molar-refractivity contribution is -0.143. The summed E-state index contributed by atoms with van der Waals surface area (Å²) in [5, 5.41) is 3.54. The van der Waals surface area contributed by atoms with Crippen molar-refractivity contribution in [3.8, 4) is 0 Å². The molecule has 1 heterocycles. The molecule has 9 nitrogen and oxygen atoms in total. The van der Waals surface area contributed by atoms with Crippen molar-refractivity contribution in [1.82, 2.24) is 9.71 Å². The highest BCUT2D eigenvalue weighted by Crippen LogP contribution is 2.31. The number of benzene rings is 1. The Morgan fingerprint density at radius 2 is 1.75 bits per heavy atom. The number of carbonyl (C=O) groups is 2. The lowest BCUT2D eigenvalue weighted by Gasteiger charge is -2.31. The predicted octanol–water partition coefficient (Wildman–Crippen LogP) is 3.47. The summed E-state index contributed by atoms with van der Waals surface area (Å²) in [5.41, 5.74) is 4.44. The van der Waals surface area contributed by atoms with E-state index in [1.807, 2.05) is 0 Å². The summed E-state index contributed by atoms with van der Waals surface area (Å²) >= 11 is 0.920. The Bertz CT molecular complexity index is 1200. The summed E-state index contributed by atoms with van der Waals surface area (Å²) in [7, 11) is -3.60. The van der Waals surface area contributed by atoms with E-state index in [4.69, 9.17) is 10.5 Å². The summed E-state index contributed by atoms with van der Waals surface area (Å²) in [6.45, 7) is 4.71. The molecule has 1 aliphatic carbocycles. The van der Waals surface area contributed by atoms with E-state index in [0.717, 1.165) is 23.5 Å². The van der Waals surface area contributed by atoms with E-state index in [1.165, 1.54) is 13.0 Å². The number of ether oxygens (including phenoxy) is 1. The molecule has 36 heavy (non-hydrogen) atoms. The van der Waals surface area contributed by atoms with Crippen molar-refractivity contribution >= 4 is 44.1 Å². The van der Waals surface area contributed by atoms with E-state index in [0.29, 0.717) is 30.8 Å². The van der Waals surface area contributed by atoms with Gasteiger partial charge in [0.25, 0.3) is 0 Å². The molecule has 13 heteroatoms. The van der Waals surface area contributed by atoms with Crippen molar-refractivity contribution in [2.75, 3.05) is 23.4 Å². The minimum absolute atomic E-state index is 0.00486. The number of sulfonamides is 1. The average Bonchev–Trinajstić information content (AvgIpc) is 3.12. The number of halogens is 2. The molecule has 198 valence electrons. The lowest BCUT2D eigenvalue weighted by atomic mass is 9.92. The monoisotopic (exact) mass is 544 g/mol. The van der Waals surface area contributed by atoms with Gasteiger partial charge < -0.3 is 15.8 Å². The van der Waals surface area contributed by atoms with Crippen LogP contribution in [0.25, 0.3) is 0 Å². The fourth-order valence-electron chi connectivity index (χ4n) is 4.06. The normalized spacial score (nSPS) is 18.6. The van der Waals surface area contributed by atoms with Crippen LogP contribution in [0.3, 0.4) is 0 Å². The number of hydrogen-bond donors (Lipinski definition) is 3. The second-order valence-electron chi connectivity index (χ2n) is 9.67. The van der Waals surface area contributed by atoms with Crippen LogP contribution in [0.5, 0.6) is 0 Å². The van der Waals surface area contributed by atoms with Gasteiger partial charge in [-0.2, -0.15) is 0 Å². The number of carbonyl (C=O) groups excluding carboxylic acids is 2. The number of nitrogens with zero attached hydrogens (tertiary/aromatic N) is 1. The van der Waals surface area contributed by atoms with Crippen LogP contribution >= 0.6 is 11.3 Å². The van der Waals surface area contributed by atoms with Gasteiger partial charge in [0.1, 0.15) is 22.3 Å². The molecule has 0 saturated heterocycles. The molecule has 1 saturated carbocycles. The molecule has 1 aromatic carbocycles. The SMILES string of the molecule is CC(=O)OCC(C)(C)CS(=O)(=O)NC1CCC(Nc2nc(N)c(C(=O)c3c(F)cccc3F)s2)CC1. The van der Waals surface area contributed by atoms with Gasteiger partial charge in [-0.3, -0.25) is 9.59 Å². The number of thiazole rings is 1. The highest BCUT2D eigenvalue weighted by Gasteiger charge is 2.31. The molecular weight excluding hydrogens is 514 g/mol. The van der Waals surface area contributed by atoms with Crippen molar-refractivity contribution in [1.29, 1.82) is 0 Å². The third-order valence-electron chi connectivity index (χ3n) is 5.70. The Hall–Kier alpha value is -2.64. The first-order chi connectivity index (χ1) is 16.8. The number of nitrogens with two attached hydrogens (primary N) is 1. The Kier molecular flexibility index (Phi) is 8.67. The smallest absolute Gasteiger partial charge is 0.302 e. The van der Waals surface area contributed by atoms with E-state index in [-0.39, 0.29) is 35.1 Å². The highest BCUT2D eigenvalue weighted by molar-refractivity contribution is 7.89. The summed E-state index contributed by atoms with van der Waals surface area (Å²) in [4.78, 5) is 27.8. The Balaban J connectivity index is 1.55. The van der Waals surface area contributed by atoms with Crippen molar-refractivity contribution in [2.24, 2.45) is 5.41 Å². The molecule has 3 rings (SSSR count). The fourth-order valence-corrected chi connectivity index (χ4v) is 6.91. The zero-order valence-electron chi connectivity index (χ0n) is 20.3. The van der Waals surface area contributed by atoms with Gasteiger partial charge >= 0.3 is 5.97 Å². The van der Waals surface area contributed by atoms with Crippen molar-refractivity contribution in [3.05, 3.63) is 40.3 Å². The maximum Gasteiger partial charge on any atom is 0.302 e. The topological polar surface area (TPSA) is 140 Å². The third kappa shape index (κ3) is 7.43. The first kappa shape index (κ1) is 27.9. The van der Waals surface area contributed by atoms with Crippen molar-refractivity contribution in [2.45, 2.75) is 58.5 Å². The largest absolute Gasteiger partial charge is 0.465 e. The zero-order chi connectivity index (χ0) is 26.7. The second kappa shape index (κ2) is 11.2. The molecule has 4 N–H and O–H groups in total. The molecule has 0 atom stereocenters. The predicted molar refractivity (Wildman–Crippen MR) is 133 cm³/mol. The van der Waals surface area contributed by atoms with Crippen LogP contribution in [0.1, 0.15) is 61.7 Å². The summed E-state index contributed by atoms with van der Waals surface area (Å²) in [5.74, 6) is -3.58. The Morgan fingerprint density at radius 3 is 2.33 bits per heavy atom. The number of anilines is 2. The maximum atomic E-state index is 14.0. The van der Waals surface area contributed by atoms with Crippen LogP contribution in [-0.2, 0) is 19.6 Å². The standard InChI is InChI=1S/C23H30F2N4O5S2/c1-13(30)34-11-23(2,3)12-36(32,33)29-15-9-7-14(8-10-15)27-22-28-21(26)20(35-22)19(31)18-16(24)5-4-6-17(18)25/h4-6,14-15,29H,7-12,26H2,1-3H3,(H,27,28). The molecule has 2 aromatic rings. The molecular formula is C23H30F2N4O5S2. The van der Waals surface area contributed by atoms with Gasteiger partial charge in [-0.05, 0) is 37.8 Å². The molecule has 1 aromatic heterocycles. The molecule has 0 amide bonds. The minimum Gasteiger partial charge on any atom is -0.465 e. The number of nitrogens with one attached hydrogen (secondary N) is 2. The van der Waals surface area contributed by atoms with Crippen molar-refractivity contribution in [3.63, 3.8) is 0 Å². The van der Waals surface area contributed by atoms with Crippen LogP contribution in [0.15, 0.2) is 18.2 Å². The van der Waals surface area contributed by atoms with Crippen LogP contribution in [-0.4, -0.2) is 49.6 Å². The van der Waals surface area contributed by atoms with Crippen LogP contribution < -0.4 is 15.8 Å². The second-order valence-corrected chi connectivity index (χ2v) is 12.4. The van der Waals surface area contributed by atoms with E-state index >= 15 is 0 Å². The average molecular weight is 545 g/mol. The van der Waals surface area contributed by atoms with E-state index < -0.39 is 44.4 Å². The molecule has 0 spiro atoms. The minimum atomic E-state index is -3.60. The Morgan fingerprint density at radius 1 is 1.17 bits per heavy atom. The summed E-state index contributed by atoms with van der Waals surface area (Å²) < 4.78 is 61.0. The molecule has 0 aliphatic heterocycles.